The van der Waals surface area contributed by atoms with Gasteiger partial charge in [0.15, 0.2) is 14.9 Å². The van der Waals surface area contributed by atoms with Gasteiger partial charge in [-0.15, -0.1) is 0 Å². The van der Waals surface area contributed by atoms with E-state index in [1.54, 1.807) is 26.8 Å². The lowest BCUT2D eigenvalue weighted by Crippen LogP contribution is -2.32. The summed E-state index contributed by atoms with van der Waals surface area (Å²) in [6.45, 7) is 6.84. The van der Waals surface area contributed by atoms with E-state index >= 15 is 0 Å². The molecular weight excluding hydrogens is 336 g/mol. The van der Waals surface area contributed by atoms with Gasteiger partial charge in [0.1, 0.15) is 0 Å². The first kappa shape index (κ1) is 19.4. The normalized spacial score (nSPS) is 14.8. The van der Waals surface area contributed by atoms with Crippen molar-refractivity contribution in [1.82, 2.24) is 4.98 Å². The number of anilines is 1. The minimum absolute atomic E-state index is 0.0584. The van der Waals surface area contributed by atoms with Gasteiger partial charge in [-0.2, -0.15) is 0 Å². The van der Waals surface area contributed by atoms with Crippen molar-refractivity contribution in [2.75, 3.05) is 5.32 Å². The summed E-state index contributed by atoms with van der Waals surface area (Å²) in [5.41, 5.74) is 1.74. The van der Waals surface area contributed by atoms with Gasteiger partial charge in [-0.05, 0) is 45.4 Å². The third-order valence-corrected chi connectivity index (χ3v) is 6.48. The second kappa shape index (κ2) is 7.54. The highest BCUT2D eigenvalue weighted by molar-refractivity contribution is 7.92. The Morgan fingerprint density at radius 1 is 1.12 bits per heavy atom. The molecule has 0 bridgehead atoms. The molecule has 1 heterocycles. The molecule has 25 heavy (non-hydrogen) atoms. The zero-order valence-electron chi connectivity index (χ0n) is 15.1. The van der Waals surface area contributed by atoms with Crippen molar-refractivity contribution >= 4 is 15.5 Å². The zero-order valence-corrected chi connectivity index (χ0v) is 15.9. The minimum atomic E-state index is -3.47. The minimum Gasteiger partial charge on any atom is -0.391 e. The number of aliphatic hydroxyl groups excluding tert-OH is 1. The van der Waals surface area contributed by atoms with Crippen LogP contribution in [0, 0.1) is 0 Å². The molecule has 0 saturated heterocycles. The van der Waals surface area contributed by atoms with Crippen molar-refractivity contribution in [2.45, 2.75) is 56.0 Å². The topological polar surface area (TPSA) is 79.3 Å². The van der Waals surface area contributed by atoms with Gasteiger partial charge >= 0.3 is 0 Å². The number of aromatic nitrogens is 1. The van der Waals surface area contributed by atoms with Crippen LogP contribution in [-0.2, 0) is 16.3 Å². The van der Waals surface area contributed by atoms with Crippen molar-refractivity contribution < 1.29 is 13.5 Å². The first-order valence-corrected chi connectivity index (χ1v) is 9.79. The average molecular weight is 362 g/mol. The molecule has 0 saturated carbocycles. The number of benzene rings is 1. The summed E-state index contributed by atoms with van der Waals surface area (Å²) in [6, 6.07) is 12.8. The molecule has 0 amide bonds. The van der Waals surface area contributed by atoms with Crippen LogP contribution in [0.4, 0.5) is 5.69 Å². The van der Waals surface area contributed by atoms with Gasteiger partial charge < -0.3 is 10.4 Å². The van der Waals surface area contributed by atoms with Crippen molar-refractivity contribution in [3.05, 3.63) is 54.2 Å². The van der Waals surface area contributed by atoms with Crippen LogP contribution >= 0.6 is 0 Å². The second-order valence-corrected chi connectivity index (χ2v) is 9.84. The molecule has 1 aromatic carbocycles. The van der Waals surface area contributed by atoms with Crippen LogP contribution < -0.4 is 5.32 Å². The van der Waals surface area contributed by atoms with Crippen molar-refractivity contribution in [3.8, 4) is 0 Å². The average Bonchev–Trinajstić information content (AvgIpc) is 2.55. The van der Waals surface area contributed by atoms with Crippen LogP contribution in [0.25, 0.3) is 0 Å². The van der Waals surface area contributed by atoms with Gasteiger partial charge in [-0.1, -0.05) is 30.3 Å². The molecule has 5 nitrogen and oxygen atoms in total. The molecule has 0 radical (unpaired) electrons. The Bertz CT molecular complexity index is 782. The van der Waals surface area contributed by atoms with Crippen LogP contribution in [-0.4, -0.2) is 35.4 Å². The summed E-state index contributed by atoms with van der Waals surface area (Å²) >= 11 is 0. The van der Waals surface area contributed by atoms with Crippen LogP contribution in [0.5, 0.6) is 0 Å². The molecule has 1 aromatic heterocycles. The first-order chi connectivity index (χ1) is 11.6. The predicted octanol–water partition coefficient (Wildman–Crippen LogP) is 3.06. The summed E-state index contributed by atoms with van der Waals surface area (Å²) in [4.78, 5) is 4.08. The van der Waals surface area contributed by atoms with E-state index in [2.05, 4.69) is 10.3 Å². The summed E-state index contributed by atoms with van der Waals surface area (Å²) in [7, 11) is -3.47. The Morgan fingerprint density at radius 2 is 1.76 bits per heavy atom. The van der Waals surface area contributed by atoms with Gasteiger partial charge in [0.2, 0.25) is 0 Å². The quantitative estimate of drug-likeness (QED) is 0.826. The highest BCUT2D eigenvalue weighted by Gasteiger charge is 2.32. The summed E-state index contributed by atoms with van der Waals surface area (Å²) < 4.78 is 23.9. The SMILES string of the molecule is CC(Nc1ccc(S(=O)(=O)C(C)(C)C)nc1)C(O)Cc1ccccc1. The third-order valence-electron chi connectivity index (χ3n) is 4.08. The monoisotopic (exact) mass is 362 g/mol. The number of aliphatic hydroxyl groups is 1. The van der Waals surface area contributed by atoms with Crippen molar-refractivity contribution in [3.63, 3.8) is 0 Å². The highest BCUT2D eigenvalue weighted by Crippen LogP contribution is 2.24. The van der Waals surface area contributed by atoms with Crippen molar-refractivity contribution in [1.29, 1.82) is 0 Å². The second-order valence-electron chi connectivity index (χ2n) is 7.19. The molecule has 0 aliphatic carbocycles. The van der Waals surface area contributed by atoms with Gasteiger partial charge in [-0.3, -0.25) is 0 Å². The summed E-state index contributed by atoms with van der Waals surface area (Å²) in [5, 5.41) is 13.6. The van der Waals surface area contributed by atoms with E-state index in [1.807, 2.05) is 37.3 Å². The summed E-state index contributed by atoms with van der Waals surface area (Å²) in [6.07, 6.45) is 1.46. The molecule has 136 valence electrons. The van der Waals surface area contributed by atoms with Crippen molar-refractivity contribution in [2.24, 2.45) is 0 Å². The number of hydrogen-bond donors (Lipinski definition) is 2. The maximum absolute atomic E-state index is 12.4. The van der Waals surface area contributed by atoms with E-state index in [0.717, 1.165) is 5.56 Å². The molecule has 2 aromatic rings. The Labute approximate surface area is 150 Å². The molecule has 6 heteroatoms. The van der Waals surface area contributed by atoms with Crippen LogP contribution in [0.1, 0.15) is 33.3 Å². The number of pyridine rings is 1. The number of hydrogen-bond acceptors (Lipinski definition) is 5. The highest BCUT2D eigenvalue weighted by atomic mass is 32.2. The molecule has 2 atom stereocenters. The largest absolute Gasteiger partial charge is 0.391 e. The molecule has 0 aliphatic rings. The Hall–Kier alpha value is -1.92. The van der Waals surface area contributed by atoms with E-state index in [9.17, 15) is 13.5 Å². The summed E-state index contributed by atoms with van der Waals surface area (Å²) in [5.74, 6) is 0. The molecule has 2 unspecified atom stereocenters. The predicted molar refractivity (Wildman–Crippen MR) is 100 cm³/mol. The molecule has 0 aliphatic heterocycles. The fourth-order valence-corrected chi connectivity index (χ4v) is 3.40. The molecule has 2 rings (SSSR count). The van der Waals surface area contributed by atoms with E-state index in [-0.39, 0.29) is 11.1 Å². The lowest BCUT2D eigenvalue weighted by Gasteiger charge is -2.22. The van der Waals surface area contributed by atoms with E-state index in [4.69, 9.17) is 0 Å². The fraction of sp³-hybridized carbons (Fsp3) is 0.421. The number of rotatable bonds is 6. The van der Waals surface area contributed by atoms with Gasteiger partial charge in [-0.25, -0.2) is 13.4 Å². The van der Waals surface area contributed by atoms with Gasteiger partial charge in [0, 0.05) is 12.5 Å². The van der Waals surface area contributed by atoms with Crippen LogP contribution in [0.3, 0.4) is 0 Å². The van der Waals surface area contributed by atoms with Gasteiger partial charge in [0.05, 0.1) is 22.7 Å². The van der Waals surface area contributed by atoms with E-state index in [0.29, 0.717) is 12.1 Å². The van der Waals surface area contributed by atoms with Crippen LogP contribution in [0.2, 0.25) is 0 Å². The Balaban J connectivity index is 2.03. The maximum Gasteiger partial charge on any atom is 0.200 e. The fourth-order valence-electron chi connectivity index (χ4n) is 2.33. The molecule has 0 fully saturated rings. The van der Waals surface area contributed by atoms with Gasteiger partial charge in [0.25, 0.3) is 0 Å². The van der Waals surface area contributed by atoms with E-state index < -0.39 is 20.7 Å². The lowest BCUT2D eigenvalue weighted by atomic mass is 10.0. The first-order valence-electron chi connectivity index (χ1n) is 8.30. The maximum atomic E-state index is 12.4. The zero-order chi connectivity index (χ0) is 18.7. The molecule has 0 spiro atoms. The van der Waals surface area contributed by atoms with Crippen LogP contribution in [0.15, 0.2) is 53.7 Å². The smallest absolute Gasteiger partial charge is 0.200 e. The van der Waals surface area contributed by atoms with E-state index in [1.165, 1.54) is 12.3 Å². The number of nitrogens with one attached hydrogen (secondary N) is 1. The lowest BCUT2D eigenvalue weighted by molar-refractivity contribution is 0.158. The Morgan fingerprint density at radius 3 is 2.28 bits per heavy atom. The standard InChI is InChI=1S/C19H26N2O3S/c1-14(17(22)12-15-8-6-5-7-9-15)21-16-10-11-18(20-13-16)25(23,24)19(2,3)4/h5-11,13-14,17,21-22H,12H2,1-4H3. The Kier molecular flexibility index (Phi) is 5.85. The number of sulfone groups is 1. The molecule has 2 N–H and O–H groups in total. The third kappa shape index (κ3) is 4.80. The molecular formula is C19H26N2O3S. The number of nitrogens with zero attached hydrogens (tertiary/aromatic N) is 1.